The maximum atomic E-state index is 15.0. The molecule has 0 saturated carbocycles. The van der Waals surface area contributed by atoms with Crippen LogP contribution in [0, 0.1) is 11.8 Å². The number of nitrogens with zero attached hydrogens (tertiary/aromatic N) is 3. The Balaban J connectivity index is 1.21. The molecule has 0 bridgehead atoms. The molecule has 22 N–H and O–H groups in total. The summed E-state index contributed by atoms with van der Waals surface area (Å²) in [6, 6.07) is -5.46. The number of aliphatic hydroxyl groups is 8. The number of primary amides is 1. The fourth-order valence-corrected chi connectivity index (χ4v) is 15.2. The summed E-state index contributed by atoms with van der Waals surface area (Å²) >= 11 is 1.48. The van der Waals surface area contributed by atoms with Crippen LogP contribution in [0.15, 0.2) is 48.5 Å². The van der Waals surface area contributed by atoms with Crippen LogP contribution < -0.4 is 59.3 Å². The molecule has 37 heteroatoms. The molecule has 0 aromatic heterocycles. The highest BCUT2D eigenvalue weighted by atomic mass is 32.2. The minimum absolute atomic E-state index is 0.0150. The number of carbonyl (C=O) groups is 13. The summed E-state index contributed by atoms with van der Waals surface area (Å²) in [6.07, 6.45) is -8.60. The number of nitrogens with two attached hydrogens (primary N) is 2. The molecule has 1 unspecified atom stereocenters. The van der Waals surface area contributed by atoms with Gasteiger partial charge in [-0.05, 0) is 112 Å². The van der Waals surface area contributed by atoms with E-state index in [1.54, 1.807) is 37.3 Å². The zero-order chi connectivity index (χ0) is 83.5. The van der Waals surface area contributed by atoms with Gasteiger partial charge in [0.2, 0.25) is 77.3 Å². The first kappa shape index (κ1) is 93.2. The van der Waals surface area contributed by atoms with Crippen LogP contribution in [0.1, 0.15) is 174 Å². The van der Waals surface area contributed by atoms with Crippen LogP contribution in [0.4, 0.5) is 5.69 Å². The lowest BCUT2D eigenvalue weighted by atomic mass is 9.91. The Bertz CT molecular complexity index is 3550. The number of hydrogen-bond donors (Lipinski definition) is 20. The van der Waals surface area contributed by atoms with E-state index in [2.05, 4.69) is 68.6 Å². The van der Waals surface area contributed by atoms with Crippen molar-refractivity contribution in [1.29, 1.82) is 0 Å². The van der Waals surface area contributed by atoms with Crippen LogP contribution in [0.3, 0.4) is 0 Å². The first-order valence-electron chi connectivity index (χ1n) is 39.0. The summed E-state index contributed by atoms with van der Waals surface area (Å²) in [5.41, 5.74) is 11.7. The number of aromatic hydroxyl groups is 1. The lowest BCUT2D eigenvalue weighted by Gasteiger charge is -2.34. The predicted octanol–water partition coefficient (Wildman–Crippen LogP) is -3.20. The van der Waals surface area contributed by atoms with Crippen molar-refractivity contribution in [3.8, 4) is 5.75 Å². The van der Waals surface area contributed by atoms with E-state index in [-0.39, 0.29) is 51.5 Å². The van der Waals surface area contributed by atoms with Crippen molar-refractivity contribution in [1.82, 2.24) is 57.2 Å². The standard InChI is InChI=1S/C76H118N14O22S/c1-7-40(2)31-41(3)19-13-10-8-9-11-16-23-59(99)81-50-36-57(97)71(107)87-73(109)63-55(95)26-29-88(63)76(112)61(56(96)37-58(78)98)85-72(108)62(86-70(106)52-35-46(93)38-89(52)75(111)60(43(5)92)84-68(50)104)65(101)64(100)45-24-25-54(94)49(34-45)82-66(102)47(77)22-17-18-28-79-69(105)53(33-44-20-14-12-15-21-44)90-42(4)32-51(74(90)110)83-67(103)48(80-39-91)27-30-113-6/h12,14-15,20-21,24-25,34,39-43,46-48,50-53,55-57,60-65,71,92-97,100-101,107H,7-11,13,16-19,22-23,26-33,35-38,77H2,1-6H3,(H2,78,98)(H,79,105)(H,80,91)(H,81,99)(H,82,102)(H,83,103)(H,84,104)(H,85,108)(H,86,106)(H,87,109)/t40-,41+,42?,43+,46+,47-,48-,50-,51-,52-,53-,55-,56+,57+,60-,61-,62-,63-,64-,65-,71+/m0/s1. The Morgan fingerprint density at radius 2 is 1.35 bits per heavy atom. The van der Waals surface area contributed by atoms with Gasteiger partial charge in [0.05, 0.1) is 42.6 Å². The van der Waals surface area contributed by atoms with Crippen LogP contribution in [-0.2, 0) is 68.7 Å². The van der Waals surface area contributed by atoms with Gasteiger partial charge in [-0.25, -0.2) is 0 Å². The Kier molecular flexibility index (Phi) is 37.5. The number of phenolic OH excluding ortho intramolecular Hbond substituents is 1. The van der Waals surface area contributed by atoms with Crippen LogP contribution in [0.5, 0.6) is 5.75 Å². The minimum Gasteiger partial charge on any atom is -0.506 e. The molecule has 4 heterocycles. The van der Waals surface area contributed by atoms with E-state index in [1.165, 1.54) is 16.7 Å². The molecule has 4 aliphatic heterocycles. The molecule has 13 amide bonds. The maximum Gasteiger partial charge on any atom is 0.248 e. The Labute approximate surface area is 661 Å². The van der Waals surface area contributed by atoms with Crippen LogP contribution in [-0.4, -0.2) is 279 Å². The van der Waals surface area contributed by atoms with Crippen molar-refractivity contribution in [2.45, 2.75) is 278 Å². The number of rotatable bonds is 38. The average Bonchev–Trinajstić information content (AvgIpc) is 1.79. The molecule has 113 heavy (non-hydrogen) atoms. The molecule has 2 aromatic rings. The first-order chi connectivity index (χ1) is 53.6. The average molecular weight is 1610 g/mol. The van der Waals surface area contributed by atoms with Gasteiger partial charge in [-0.15, -0.1) is 0 Å². The zero-order valence-electron chi connectivity index (χ0n) is 65.0. The van der Waals surface area contributed by atoms with E-state index >= 15 is 0 Å². The summed E-state index contributed by atoms with van der Waals surface area (Å²) < 4.78 is 0. The number of likely N-dealkylation sites (tertiary alicyclic amines) is 1. The summed E-state index contributed by atoms with van der Waals surface area (Å²) in [4.78, 5) is 183. The number of hydrogen-bond acceptors (Lipinski definition) is 24. The van der Waals surface area contributed by atoms with Crippen LogP contribution in [0.2, 0.25) is 0 Å². The summed E-state index contributed by atoms with van der Waals surface area (Å²) in [5.74, 6) is -11.5. The van der Waals surface area contributed by atoms with Crippen LogP contribution >= 0.6 is 11.8 Å². The van der Waals surface area contributed by atoms with E-state index in [0.717, 1.165) is 75.6 Å². The molecule has 36 nitrogen and oxygen atoms in total. The van der Waals surface area contributed by atoms with Gasteiger partial charge >= 0.3 is 0 Å². The SMILES string of the molecule is CC[C@H](C)C[C@H](C)CCCCCCCCC(=O)N[C@H]1C[C@@H](O)[C@@H](O)NC(=O)[C@@H]2[C@@H](O)CCN2C(=O)[C@H]([C@H](O)CC(N)=O)NC(=O)[C@H]([C@H](O)[C@@H](O)c2ccc(O)c(NC(=O)[C@@H](N)CCCCNC(=O)[C@H](Cc3ccccc3)N3C(=O)[C@@H](NC(=O)[C@H](CCSC)NC=O)CC3C)c2)NC(=O)[C@@H]2C[C@@H](O)CN2C(=O)[C@H]([C@@H](C)O)NC1=O. The number of aliphatic hydroxyl groups excluding tert-OH is 8. The highest BCUT2D eigenvalue weighted by Crippen LogP contribution is 2.32. The third kappa shape index (κ3) is 27.3. The molecular weight excluding hydrogens is 1490 g/mol. The van der Waals surface area contributed by atoms with Gasteiger partial charge < -0.3 is 120 Å². The number of phenols is 1. The van der Waals surface area contributed by atoms with Crippen molar-refractivity contribution < 1.29 is 108 Å². The van der Waals surface area contributed by atoms with Gasteiger partial charge in [0, 0.05) is 51.4 Å². The normalized spacial score (nSPS) is 25.9. The van der Waals surface area contributed by atoms with Gasteiger partial charge in [0.25, 0.3) is 0 Å². The number of anilines is 1. The fraction of sp³-hybridized carbons (Fsp3) is 0.671. The smallest absolute Gasteiger partial charge is 0.248 e. The van der Waals surface area contributed by atoms with E-state index in [4.69, 9.17) is 11.5 Å². The zero-order valence-corrected chi connectivity index (χ0v) is 65.8. The molecule has 0 aliphatic carbocycles. The van der Waals surface area contributed by atoms with Crippen molar-refractivity contribution >= 4 is 94.7 Å². The van der Waals surface area contributed by atoms with Gasteiger partial charge in [0.15, 0.2) is 6.23 Å². The topological polar surface area (TPSA) is 574 Å². The third-order valence-corrected chi connectivity index (χ3v) is 21.9. The Morgan fingerprint density at radius 1 is 0.690 bits per heavy atom. The van der Waals surface area contributed by atoms with Gasteiger partial charge in [-0.2, -0.15) is 11.8 Å². The number of amides is 13. The van der Waals surface area contributed by atoms with Crippen molar-refractivity contribution in [3.05, 3.63) is 59.7 Å². The third-order valence-electron chi connectivity index (χ3n) is 21.3. The number of nitrogens with one attached hydrogen (secondary N) is 9. The highest BCUT2D eigenvalue weighted by molar-refractivity contribution is 7.98. The van der Waals surface area contributed by atoms with Crippen molar-refractivity contribution in [2.24, 2.45) is 23.3 Å². The van der Waals surface area contributed by atoms with Gasteiger partial charge in [0.1, 0.15) is 78.4 Å². The van der Waals surface area contributed by atoms with Crippen molar-refractivity contribution in [2.75, 3.05) is 37.0 Å². The molecule has 21 atom stereocenters. The quantitative estimate of drug-likeness (QED) is 0.0179. The number of thioether (sulfide) groups is 1. The van der Waals surface area contributed by atoms with E-state index in [1.807, 2.05) is 6.26 Å². The second kappa shape index (κ2) is 45.4. The number of fused-ring (bicyclic) bond motifs is 2. The monoisotopic (exact) mass is 1610 g/mol. The minimum atomic E-state index is -2.62. The molecule has 630 valence electrons. The Hall–Kier alpha value is -8.66. The summed E-state index contributed by atoms with van der Waals surface area (Å²) in [7, 11) is 0. The lowest BCUT2D eigenvalue weighted by molar-refractivity contribution is -0.149. The molecule has 6 rings (SSSR count). The molecule has 4 saturated heterocycles. The number of unbranched alkanes of at least 4 members (excludes halogenated alkanes) is 6. The number of carbonyl (C=O) groups excluding carboxylic acids is 13. The first-order valence-corrected chi connectivity index (χ1v) is 40.4. The van der Waals surface area contributed by atoms with E-state index in [9.17, 15) is 108 Å². The highest BCUT2D eigenvalue weighted by Gasteiger charge is 2.50. The van der Waals surface area contributed by atoms with E-state index in [0.29, 0.717) is 53.1 Å². The number of benzene rings is 2. The molecule has 0 spiro atoms. The largest absolute Gasteiger partial charge is 0.506 e. The van der Waals surface area contributed by atoms with E-state index < -0.39 is 236 Å². The van der Waals surface area contributed by atoms with Gasteiger partial charge in [-0.1, -0.05) is 102 Å². The molecule has 4 aliphatic rings. The second-order valence-electron chi connectivity index (χ2n) is 30.4. The molecule has 0 radical (unpaired) electrons. The fourth-order valence-electron chi connectivity index (χ4n) is 14.7. The summed E-state index contributed by atoms with van der Waals surface area (Å²) in [5, 5.41) is 125. The van der Waals surface area contributed by atoms with Crippen molar-refractivity contribution in [3.63, 3.8) is 0 Å². The molecule has 4 fully saturated rings. The lowest BCUT2D eigenvalue weighted by Crippen LogP contribution is -2.64. The molecule has 2 aromatic carbocycles. The maximum absolute atomic E-state index is 15.0. The summed E-state index contributed by atoms with van der Waals surface area (Å²) in [6.45, 7) is 8.33. The molecular formula is C76H118N14O22S. The Morgan fingerprint density at radius 3 is 2.01 bits per heavy atom. The second-order valence-corrected chi connectivity index (χ2v) is 31.4. The predicted molar refractivity (Wildman–Crippen MR) is 412 cm³/mol. The van der Waals surface area contributed by atoms with Crippen LogP contribution in [0.25, 0.3) is 0 Å². The van der Waals surface area contributed by atoms with Gasteiger partial charge in [-0.3, -0.25) is 62.3 Å².